The van der Waals surface area contributed by atoms with Crippen LogP contribution in [-0.2, 0) is 15.0 Å². The third-order valence-corrected chi connectivity index (χ3v) is 4.28. The highest BCUT2D eigenvalue weighted by molar-refractivity contribution is 7.87. The number of hydrogen-bond donors (Lipinski definition) is 0. The van der Waals surface area contributed by atoms with Crippen LogP contribution in [-0.4, -0.2) is 31.0 Å². The lowest BCUT2D eigenvalue weighted by Gasteiger charge is -2.18. The fourth-order valence-electron chi connectivity index (χ4n) is 2.22. The van der Waals surface area contributed by atoms with Gasteiger partial charge in [0.1, 0.15) is 10.9 Å². The molecule has 0 N–H and O–H groups in total. The van der Waals surface area contributed by atoms with Gasteiger partial charge in [-0.1, -0.05) is 12.1 Å². The minimum Gasteiger partial charge on any atom is -0.305 e. The molecule has 0 spiro atoms. The first-order valence-corrected chi connectivity index (χ1v) is 7.14. The first-order valence-electron chi connectivity index (χ1n) is 5.69. The van der Waals surface area contributed by atoms with E-state index in [0.717, 1.165) is 4.90 Å². The number of carbonyl (C=O) groups is 1. The number of para-hydroxylation sites is 1. The van der Waals surface area contributed by atoms with Crippen LogP contribution in [0.4, 0.5) is 15.3 Å². The summed E-state index contributed by atoms with van der Waals surface area (Å²) in [6, 6.07) is 4.24. The van der Waals surface area contributed by atoms with E-state index in [4.69, 9.17) is 0 Å². The Morgan fingerprint density at radius 2 is 2.10 bits per heavy atom. The molecule has 0 saturated carbocycles. The molecule has 1 heterocycles. The summed E-state index contributed by atoms with van der Waals surface area (Å²) in [6.07, 6.45) is -0.510. The van der Waals surface area contributed by atoms with Crippen molar-refractivity contribution in [1.29, 1.82) is 0 Å². The molecule has 1 unspecified atom stereocenters. The number of nitro groups is 1. The van der Waals surface area contributed by atoms with Gasteiger partial charge < -0.3 is 4.90 Å². The maximum Gasteiger partial charge on any atom is 0.307 e. The summed E-state index contributed by atoms with van der Waals surface area (Å²) in [6.45, 7) is 1.15. The highest BCUT2D eigenvalue weighted by Crippen LogP contribution is 2.35. The molecule has 0 bridgehead atoms. The number of benzene rings is 1. The van der Waals surface area contributed by atoms with Gasteiger partial charge in [0.05, 0.1) is 4.92 Å². The monoisotopic (exact) mass is 302 g/mol. The summed E-state index contributed by atoms with van der Waals surface area (Å²) in [5.41, 5.74) is 0.161. The van der Waals surface area contributed by atoms with Gasteiger partial charge in [0.15, 0.2) is 0 Å². The summed E-state index contributed by atoms with van der Waals surface area (Å²) < 4.78 is 34.7. The zero-order valence-corrected chi connectivity index (χ0v) is 11.3. The molecule has 7 nitrogen and oxygen atoms in total. The summed E-state index contributed by atoms with van der Waals surface area (Å²) in [7, 11) is -4.85. The van der Waals surface area contributed by atoms with Crippen molar-refractivity contribution in [3.8, 4) is 0 Å². The zero-order valence-electron chi connectivity index (χ0n) is 10.4. The number of halogens is 1. The second kappa shape index (κ2) is 4.82. The summed E-state index contributed by atoms with van der Waals surface area (Å²) >= 11 is 0. The first kappa shape index (κ1) is 14.4. The Bertz CT molecular complexity index is 688. The Labute approximate surface area is 114 Å². The molecule has 9 heteroatoms. The van der Waals surface area contributed by atoms with Crippen LogP contribution in [0.3, 0.4) is 0 Å². The molecular weight excluding hydrogens is 291 g/mol. The standard InChI is InChI=1S/C11H11FN2O5S/c1-7-3-2-4-9(14(16)17)11(7)13-6-8(5-10(13)15)20(12,18)19/h2-4,8H,5-6H2,1H3. The van der Waals surface area contributed by atoms with E-state index < -0.39 is 39.3 Å². The van der Waals surface area contributed by atoms with Crippen molar-refractivity contribution in [2.24, 2.45) is 0 Å². The Balaban J connectivity index is 2.48. The molecule has 1 aromatic carbocycles. The number of amides is 1. The van der Waals surface area contributed by atoms with Crippen LogP contribution >= 0.6 is 0 Å². The van der Waals surface area contributed by atoms with Crippen molar-refractivity contribution in [2.45, 2.75) is 18.6 Å². The van der Waals surface area contributed by atoms with Crippen molar-refractivity contribution in [3.05, 3.63) is 33.9 Å². The molecule has 1 saturated heterocycles. The summed E-state index contributed by atoms with van der Waals surface area (Å²) in [4.78, 5) is 23.1. The number of aryl methyl sites for hydroxylation is 1. The average Bonchev–Trinajstić information content (AvgIpc) is 2.70. The number of hydrogen-bond acceptors (Lipinski definition) is 5. The largest absolute Gasteiger partial charge is 0.307 e. The Morgan fingerprint density at radius 3 is 2.60 bits per heavy atom. The third-order valence-electron chi connectivity index (χ3n) is 3.17. The first-order chi connectivity index (χ1) is 9.21. The minimum absolute atomic E-state index is 0.0219. The highest BCUT2D eigenvalue weighted by atomic mass is 32.3. The average molecular weight is 302 g/mol. The quantitative estimate of drug-likeness (QED) is 0.476. The van der Waals surface area contributed by atoms with Crippen LogP contribution in [0, 0.1) is 17.0 Å². The van der Waals surface area contributed by atoms with Crippen LogP contribution in [0.25, 0.3) is 0 Å². The van der Waals surface area contributed by atoms with Gasteiger partial charge in [0.2, 0.25) is 5.91 Å². The van der Waals surface area contributed by atoms with Crippen LogP contribution in [0.15, 0.2) is 18.2 Å². The van der Waals surface area contributed by atoms with Crippen LogP contribution < -0.4 is 4.90 Å². The van der Waals surface area contributed by atoms with E-state index in [2.05, 4.69) is 0 Å². The van der Waals surface area contributed by atoms with E-state index in [1.165, 1.54) is 12.1 Å². The van der Waals surface area contributed by atoms with Crippen LogP contribution in [0.2, 0.25) is 0 Å². The van der Waals surface area contributed by atoms with Crippen molar-refractivity contribution < 1.29 is 22.0 Å². The third kappa shape index (κ3) is 2.48. The van der Waals surface area contributed by atoms with E-state index in [-0.39, 0.29) is 11.4 Å². The normalized spacial score (nSPS) is 19.4. The molecule has 1 aliphatic rings. The Hall–Kier alpha value is -2.03. The Morgan fingerprint density at radius 1 is 1.45 bits per heavy atom. The van der Waals surface area contributed by atoms with Crippen molar-refractivity contribution in [3.63, 3.8) is 0 Å². The molecule has 1 amide bonds. The lowest BCUT2D eigenvalue weighted by Crippen LogP contribution is -2.28. The number of anilines is 1. The van der Waals surface area contributed by atoms with Crippen LogP contribution in [0.5, 0.6) is 0 Å². The smallest absolute Gasteiger partial charge is 0.305 e. The molecule has 20 heavy (non-hydrogen) atoms. The van der Waals surface area contributed by atoms with Gasteiger partial charge >= 0.3 is 10.2 Å². The van der Waals surface area contributed by atoms with E-state index in [1.807, 2.05) is 0 Å². The Kier molecular flexibility index (Phi) is 3.46. The maximum absolute atomic E-state index is 13.0. The topological polar surface area (TPSA) is 97.6 Å². The lowest BCUT2D eigenvalue weighted by molar-refractivity contribution is -0.384. The second-order valence-corrected chi connectivity index (χ2v) is 6.12. The number of rotatable bonds is 3. The van der Waals surface area contributed by atoms with Gasteiger partial charge in [0.25, 0.3) is 5.69 Å². The SMILES string of the molecule is Cc1cccc([N+](=O)[O-])c1N1CC(S(=O)(=O)F)CC1=O. The van der Waals surface area contributed by atoms with E-state index in [1.54, 1.807) is 13.0 Å². The molecule has 0 aliphatic carbocycles. The maximum atomic E-state index is 13.0. The highest BCUT2D eigenvalue weighted by Gasteiger charge is 2.41. The van der Waals surface area contributed by atoms with Crippen molar-refractivity contribution in [1.82, 2.24) is 0 Å². The fourth-order valence-corrected chi connectivity index (χ4v) is 2.89. The van der Waals surface area contributed by atoms with E-state index in [9.17, 15) is 27.2 Å². The van der Waals surface area contributed by atoms with Crippen molar-refractivity contribution >= 4 is 27.5 Å². The molecule has 108 valence electrons. The molecule has 0 radical (unpaired) electrons. The van der Waals surface area contributed by atoms with Gasteiger partial charge in [-0.2, -0.15) is 8.42 Å². The van der Waals surface area contributed by atoms with Gasteiger partial charge in [-0.05, 0) is 12.5 Å². The van der Waals surface area contributed by atoms with Gasteiger partial charge in [0, 0.05) is 19.0 Å². The van der Waals surface area contributed by atoms with Gasteiger partial charge in [-0.3, -0.25) is 14.9 Å². The van der Waals surface area contributed by atoms with Gasteiger partial charge in [-0.15, -0.1) is 3.89 Å². The second-order valence-electron chi connectivity index (χ2n) is 4.51. The fraction of sp³-hybridized carbons (Fsp3) is 0.364. The minimum atomic E-state index is -4.85. The predicted octanol–water partition coefficient (Wildman–Crippen LogP) is 1.31. The van der Waals surface area contributed by atoms with Gasteiger partial charge in [-0.25, -0.2) is 0 Å². The number of nitrogens with zero attached hydrogens (tertiary/aromatic N) is 2. The summed E-state index contributed by atoms with van der Waals surface area (Å²) in [5, 5.41) is 9.51. The zero-order chi connectivity index (χ0) is 15.1. The summed E-state index contributed by atoms with van der Waals surface area (Å²) in [5.74, 6) is -0.645. The van der Waals surface area contributed by atoms with E-state index in [0.29, 0.717) is 5.56 Å². The molecule has 1 aliphatic heterocycles. The van der Waals surface area contributed by atoms with Crippen LogP contribution in [0.1, 0.15) is 12.0 Å². The molecule has 1 aromatic rings. The predicted molar refractivity (Wildman–Crippen MR) is 68.6 cm³/mol. The van der Waals surface area contributed by atoms with E-state index >= 15 is 0 Å². The molecule has 0 aromatic heterocycles. The number of carbonyl (C=O) groups excluding carboxylic acids is 1. The molecule has 1 atom stereocenters. The van der Waals surface area contributed by atoms with Crippen molar-refractivity contribution in [2.75, 3.05) is 11.4 Å². The molecular formula is C11H11FN2O5S. The lowest BCUT2D eigenvalue weighted by atomic mass is 10.1. The molecule has 1 fully saturated rings. The molecule has 2 rings (SSSR count). The number of nitro benzene ring substituents is 1.